The van der Waals surface area contributed by atoms with Crippen molar-refractivity contribution in [3.63, 3.8) is 0 Å². The molecule has 0 spiro atoms. The van der Waals surface area contributed by atoms with Gasteiger partial charge >= 0.3 is 0 Å². The van der Waals surface area contributed by atoms with Gasteiger partial charge in [0.2, 0.25) is 0 Å². The lowest BCUT2D eigenvalue weighted by Crippen LogP contribution is -2.21. The molecule has 234 valence electrons. The summed E-state index contributed by atoms with van der Waals surface area (Å²) in [7, 11) is 0. The molecule has 0 N–H and O–H groups in total. The van der Waals surface area contributed by atoms with Gasteiger partial charge in [0.25, 0.3) is 11.4 Å². The van der Waals surface area contributed by atoms with Gasteiger partial charge in [-0.05, 0) is 83.6 Å². The van der Waals surface area contributed by atoms with Gasteiger partial charge in [0, 0.05) is 35.1 Å². The van der Waals surface area contributed by atoms with E-state index in [-0.39, 0.29) is 22.2 Å². The largest absolute Gasteiger partial charge is 0.457 e. The average molecular weight is 617 g/mol. The first-order chi connectivity index (χ1) is 21.8. The van der Waals surface area contributed by atoms with Crippen LogP contribution in [0.1, 0.15) is 61.1 Å². The summed E-state index contributed by atoms with van der Waals surface area (Å²) in [5.41, 5.74) is 5.55. The lowest BCUT2D eigenvalue weighted by molar-refractivity contribution is -0.385. The third kappa shape index (κ3) is 6.61. The Kier molecular flexibility index (Phi) is 8.66. The number of aryl methyl sites for hydroxylation is 2. The lowest BCUT2D eigenvalue weighted by Gasteiger charge is -2.29. The number of nitro benzene ring substituents is 2. The van der Waals surface area contributed by atoms with Gasteiger partial charge in [-0.2, -0.15) is 0 Å². The van der Waals surface area contributed by atoms with E-state index in [1.807, 2.05) is 24.3 Å². The van der Waals surface area contributed by atoms with E-state index in [2.05, 4.69) is 76.2 Å². The molecule has 5 aromatic carbocycles. The second kappa shape index (κ2) is 12.5. The Morgan fingerprint density at radius 1 is 0.478 bits per heavy atom. The molecule has 46 heavy (non-hydrogen) atoms. The molecular formula is C38H36N2O6. The number of hydrogen-bond acceptors (Lipinski definition) is 6. The SMILES string of the molecule is Cc1cc([N+](=O)[O-])ccc1Oc1ccc(C(C)(C)c2ccc(C(C)(C)c3ccc(Oc4ccc([N+](=O)[O-])cc4C)cc3)cc2)cc1. The van der Waals surface area contributed by atoms with Crippen LogP contribution >= 0.6 is 0 Å². The highest BCUT2D eigenvalue weighted by molar-refractivity contribution is 5.49. The first kappa shape index (κ1) is 31.9. The van der Waals surface area contributed by atoms with Gasteiger partial charge in [0.1, 0.15) is 23.0 Å². The molecule has 5 aromatic rings. The molecule has 0 aliphatic heterocycles. The van der Waals surface area contributed by atoms with Crippen LogP contribution in [0.5, 0.6) is 23.0 Å². The van der Waals surface area contributed by atoms with E-state index in [9.17, 15) is 20.2 Å². The molecular weight excluding hydrogens is 580 g/mol. The van der Waals surface area contributed by atoms with Gasteiger partial charge in [-0.1, -0.05) is 76.2 Å². The summed E-state index contributed by atoms with van der Waals surface area (Å²) in [6.07, 6.45) is 0. The molecule has 0 amide bonds. The van der Waals surface area contributed by atoms with Crippen LogP contribution in [0.4, 0.5) is 11.4 Å². The minimum Gasteiger partial charge on any atom is -0.457 e. The van der Waals surface area contributed by atoms with Crippen molar-refractivity contribution in [1.82, 2.24) is 0 Å². The average Bonchev–Trinajstić information content (AvgIpc) is 3.03. The van der Waals surface area contributed by atoms with E-state index in [1.165, 1.54) is 35.4 Å². The summed E-state index contributed by atoms with van der Waals surface area (Å²) in [5.74, 6) is 2.48. The molecule has 0 fully saturated rings. The zero-order valence-corrected chi connectivity index (χ0v) is 26.7. The first-order valence-corrected chi connectivity index (χ1v) is 14.9. The molecule has 0 aliphatic rings. The molecule has 0 radical (unpaired) electrons. The molecule has 0 aromatic heterocycles. The topological polar surface area (TPSA) is 105 Å². The molecule has 0 unspecified atom stereocenters. The van der Waals surface area contributed by atoms with Gasteiger partial charge in [0.05, 0.1) is 9.85 Å². The molecule has 0 saturated carbocycles. The molecule has 0 heterocycles. The summed E-state index contributed by atoms with van der Waals surface area (Å²) >= 11 is 0. The van der Waals surface area contributed by atoms with E-state index in [1.54, 1.807) is 26.0 Å². The number of non-ortho nitro benzene ring substituents is 2. The number of nitrogens with zero attached hydrogens (tertiary/aromatic N) is 2. The monoisotopic (exact) mass is 616 g/mol. The smallest absolute Gasteiger partial charge is 0.269 e. The Bertz CT molecular complexity index is 1750. The number of benzene rings is 5. The Balaban J connectivity index is 1.28. The van der Waals surface area contributed by atoms with Crippen molar-refractivity contribution in [2.75, 3.05) is 0 Å². The third-order valence-electron chi connectivity index (χ3n) is 8.67. The molecule has 8 heteroatoms. The Morgan fingerprint density at radius 3 is 1.02 bits per heavy atom. The van der Waals surface area contributed by atoms with Crippen LogP contribution in [0.15, 0.2) is 109 Å². The van der Waals surface area contributed by atoms with Crippen LogP contribution in [-0.2, 0) is 10.8 Å². The summed E-state index contributed by atoms with van der Waals surface area (Å²) < 4.78 is 12.0. The second-order valence-electron chi connectivity index (χ2n) is 12.5. The summed E-state index contributed by atoms with van der Waals surface area (Å²) in [6, 6.07) is 33.8. The van der Waals surface area contributed by atoms with Crippen molar-refractivity contribution in [3.8, 4) is 23.0 Å². The van der Waals surface area contributed by atoms with Crippen molar-refractivity contribution in [2.45, 2.75) is 52.4 Å². The van der Waals surface area contributed by atoms with Crippen LogP contribution < -0.4 is 9.47 Å². The summed E-state index contributed by atoms with van der Waals surface area (Å²) in [4.78, 5) is 21.3. The highest BCUT2D eigenvalue weighted by Crippen LogP contribution is 2.38. The van der Waals surface area contributed by atoms with Gasteiger partial charge in [-0.25, -0.2) is 0 Å². The van der Waals surface area contributed by atoms with E-state index in [4.69, 9.17) is 9.47 Å². The second-order valence-corrected chi connectivity index (χ2v) is 12.5. The third-order valence-corrected chi connectivity index (χ3v) is 8.67. The van der Waals surface area contributed by atoms with Gasteiger partial charge in [-0.15, -0.1) is 0 Å². The van der Waals surface area contributed by atoms with Crippen LogP contribution in [0.25, 0.3) is 0 Å². The summed E-state index contributed by atoms with van der Waals surface area (Å²) in [6.45, 7) is 12.3. The predicted molar refractivity (Wildman–Crippen MR) is 179 cm³/mol. The summed E-state index contributed by atoms with van der Waals surface area (Å²) in [5, 5.41) is 22.1. The Labute approximate surface area is 268 Å². The number of nitro groups is 2. The van der Waals surface area contributed by atoms with Crippen molar-refractivity contribution in [3.05, 3.63) is 163 Å². The lowest BCUT2D eigenvalue weighted by atomic mass is 9.74. The molecule has 5 rings (SSSR count). The highest BCUT2D eigenvalue weighted by Gasteiger charge is 2.27. The number of rotatable bonds is 10. The number of hydrogen-bond donors (Lipinski definition) is 0. The standard InChI is InChI=1S/C38H36N2O6/c1-25-23-31(39(41)42)15-21-35(25)45-33-17-11-29(12-18-33)37(3,4)27-7-9-28(10-8-27)38(5,6)30-13-19-34(20-14-30)46-36-22-16-32(40(43)44)24-26(36)2/h7-24H,1-6H3. The Hall–Kier alpha value is -5.50. The predicted octanol–water partition coefficient (Wildman–Crippen LogP) is 10.4. The zero-order valence-electron chi connectivity index (χ0n) is 26.7. The van der Waals surface area contributed by atoms with Gasteiger partial charge in [-0.3, -0.25) is 20.2 Å². The minimum absolute atomic E-state index is 0.0377. The molecule has 0 saturated heterocycles. The maximum atomic E-state index is 11.0. The number of ether oxygens (including phenoxy) is 2. The van der Waals surface area contributed by atoms with Crippen LogP contribution in [0.3, 0.4) is 0 Å². The molecule has 8 nitrogen and oxygen atoms in total. The molecule has 0 aliphatic carbocycles. The van der Waals surface area contributed by atoms with Crippen molar-refractivity contribution in [1.29, 1.82) is 0 Å². The zero-order chi connectivity index (χ0) is 33.2. The Morgan fingerprint density at radius 2 is 0.761 bits per heavy atom. The van der Waals surface area contributed by atoms with E-state index >= 15 is 0 Å². The van der Waals surface area contributed by atoms with E-state index in [0.717, 1.165) is 11.1 Å². The van der Waals surface area contributed by atoms with Gasteiger partial charge < -0.3 is 9.47 Å². The normalized spacial score (nSPS) is 11.6. The first-order valence-electron chi connectivity index (χ1n) is 14.9. The highest BCUT2D eigenvalue weighted by atomic mass is 16.6. The maximum Gasteiger partial charge on any atom is 0.269 e. The van der Waals surface area contributed by atoms with Crippen LogP contribution in [-0.4, -0.2) is 9.85 Å². The van der Waals surface area contributed by atoms with Gasteiger partial charge in [0.15, 0.2) is 0 Å². The molecule has 0 atom stereocenters. The minimum atomic E-state index is -0.414. The maximum absolute atomic E-state index is 11.0. The fourth-order valence-corrected chi connectivity index (χ4v) is 5.49. The fraction of sp³-hybridized carbons (Fsp3) is 0.211. The fourth-order valence-electron chi connectivity index (χ4n) is 5.49. The van der Waals surface area contributed by atoms with E-state index in [0.29, 0.717) is 34.1 Å². The van der Waals surface area contributed by atoms with Crippen molar-refractivity contribution in [2.24, 2.45) is 0 Å². The van der Waals surface area contributed by atoms with E-state index < -0.39 is 9.85 Å². The van der Waals surface area contributed by atoms with Crippen molar-refractivity contribution >= 4 is 11.4 Å². The quantitative estimate of drug-likeness (QED) is 0.114. The van der Waals surface area contributed by atoms with Crippen molar-refractivity contribution < 1.29 is 19.3 Å². The molecule has 0 bridgehead atoms. The van der Waals surface area contributed by atoms with Crippen LogP contribution in [0, 0.1) is 34.1 Å². The van der Waals surface area contributed by atoms with Crippen LogP contribution in [0.2, 0.25) is 0 Å².